The highest BCUT2D eigenvalue weighted by molar-refractivity contribution is 6.46. The van der Waals surface area contributed by atoms with Gasteiger partial charge >= 0.3 is 0 Å². The number of rotatable bonds is 6. The van der Waals surface area contributed by atoms with E-state index in [1.165, 1.54) is 40.4 Å². The van der Waals surface area contributed by atoms with Crippen molar-refractivity contribution in [3.8, 4) is 23.0 Å². The number of ketones is 1. The van der Waals surface area contributed by atoms with Crippen molar-refractivity contribution in [2.75, 3.05) is 35.5 Å². The van der Waals surface area contributed by atoms with Crippen LogP contribution in [0.1, 0.15) is 22.7 Å². The highest BCUT2D eigenvalue weighted by atomic mass is 16.5. The van der Waals surface area contributed by atoms with Gasteiger partial charge in [0, 0.05) is 7.05 Å². The first-order valence-corrected chi connectivity index (χ1v) is 9.48. The van der Waals surface area contributed by atoms with Gasteiger partial charge in [-0.05, 0) is 36.8 Å². The Labute approximate surface area is 180 Å². The summed E-state index contributed by atoms with van der Waals surface area (Å²) in [6.07, 6.45) is 0. The zero-order chi connectivity index (χ0) is 22.9. The Morgan fingerprint density at radius 3 is 2.00 bits per heavy atom. The van der Waals surface area contributed by atoms with Crippen LogP contribution in [0, 0.1) is 6.92 Å². The van der Waals surface area contributed by atoms with Gasteiger partial charge in [0.2, 0.25) is 5.75 Å². The van der Waals surface area contributed by atoms with Crippen LogP contribution in [0.15, 0.2) is 35.9 Å². The number of Topliss-reactive ketones (excluding diaryl/α,β-unsaturated/α-hetero) is 1. The minimum Gasteiger partial charge on any atom is -0.507 e. The first-order chi connectivity index (χ1) is 14.8. The van der Waals surface area contributed by atoms with Gasteiger partial charge in [-0.25, -0.2) is 0 Å². The van der Waals surface area contributed by atoms with Crippen molar-refractivity contribution in [2.45, 2.75) is 13.0 Å². The number of aryl methyl sites for hydroxylation is 1. The van der Waals surface area contributed by atoms with E-state index >= 15 is 0 Å². The van der Waals surface area contributed by atoms with E-state index in [-0.39, 0.29) is 11.3 Å². The fraction of sp³-hybridized carbons (Fsp3) is 0.304. The lowest BCUT2D eigenvalue weighted by molar-refractivity contribution is -0.139. The first-order valence-electron chi connectivity index (χ1n) is 9.48. The molecule has 164 valence electrons. The topological polar surface area (TPSA) is 94.5 Å². The van der Waals surface area contributed by atoms with Crippen molar-refractivity contribution in [3.63, 3.8) is 0 Å². The number of ether oxygens (including phenoxy) is 4. The fourth-order valence-corrected chi connectivity index (χ4v) is 3.75. The summed E-state index contributed by atoms with van der Waals surface area (Å²) >= 11 is 0. The maximum absolute atomic E-state index is 12.9. The fourth-order valence-electron chi connectivity index (χ4n) is 3.75. The minimum absolute atomic E-state index is 0.0503. The lowest BCUT2D eigenvalue weighted by Gasteiger charge is -2.23. The summed E-state index contributed by atoms with van der Waals surface area (Å²) in [5, 5.41) is 11.2. The van der Waals surface area contributed by atoms with Crippen LogP contribution in [-0.4, -0.2) is 57.2 Å². The van der Waals surface area contributed by atoms with Crippen molar-refractivity contribution in [3.05, 3.63) is 52.6 Å². The molecule has 0 aromatic heterocycles. The van der Waals surface area contributed by atoms with Gasteiger partial charge in [0.25, 0.3) is 11.7 Å². The molecule has 8 nitrogen and oxygen atoms in total. The first kappa shape index (κ1) is 22.0. The summed E-state index contributed by atoms with van der Waals surface area (Å²) in [5.41, 5.74) is 1.65. The Balaban J connectivity index is 2.29. The van der Waals surface area contributed by atoms with Crippen LogP contribution in [0.5, 0.6) is 23.0 Å². The predicted octanol–water partition coefficient (Wildman–Crippen LogP) is 3.08. The molecule has 31 heavy (non-hydrogen) atoms. The van der Waals surface area contributed by atoms with E-state index in [4.69, 9.17) is 18.9 Å². The molecule has 0 aliphatic carbocycles. The molecule has 1 saturated heterocycles. The predicted molar refractivity (Wildman–Crippen MR) is 114 cm³/mol. The quantitative estimate of drug-likeness (QED) is 0.430. The second kappa shape index (κ2) is 8.59. The lowest BCUT2D eigenvalue weighted by atomic mass is 9.94. The molecule has 1 unspecified atom stereocenters. The Morgan fingerprint density at radius 2 is 1.48 bits per heavy atom. The molecule has 0 radical (unpaired) electrons. The summed E-state index contributed by atoms with van der Waals surface area (Å²) in [6, 6.07) is 7.65. The Morgan fingerprint density at radius 1 is 0.903 bits per heavy atom. The van der Waals surface area contributed by atoms with Crippen molar-refractivity contribution >= 4 is 17.4 Å². The molecule has 0 spiro atoms. The average molecular weight is 427 g/mol. The zero-order valence-corrected chi connectivity index (χ0v) is 18.3. The average Bonchev–Trinajstić information content (AvgIpc) is 3.01. The smallest absolute Gasteiger partial charge is 0.295 e. The van der Waals surface area contributed by atoms with Gasteiger partial charge < -0.3 is 29.0 Å². The van der Waals surface area contributed by atoms with Gasteiger partial charge in [0.05, 0.1) is 45.6 Å². The number of carbonyl (C=O) groups is 2. The molecule has 1 heterocycles. The largest absolute Gasteiger partial charge is 0.507 e. The summed E-state index contributed by atoms with van der Waals surface area (Å²) < 4.78 is 21.5. The molecule has 3 rings (SSSR count). The molecule has 1 N–H and O–H groups in total. The molecule has 2 aromatic rings. The SMILES string of the molecule is COc1ccc(C)cc1/C(O)=C1\C(=O)C(=O)N(C)C1c1cc(OC)c(OC)c(OC)c1. The van der Waals surface area contributed by atoms with Crippen molar-refractivity contribution in [1.82, 2.24) is 4.90 Å². The minimum atomic E-state index is -0.862. The summed E-state index contributed by atoms with van der Waals surface area (Å²) in [4.78, 5) is 26.8. The molecular weight excluding hydrogens is 402 g/mol. The third-order valence-electron chi connectivity index (χ3n) is 5.29. The van der Waals surface area contributed by atoms with Crippen LogP contribution >= 0.6 is 0 Å². The Hall–Kier alpha value is -3.68. The molecule has 0 bridgehead atoms. The maximum atomic E-state index is 12.9. The highest BCUT2D eigenvalue weighted by Crippen LogP contribution is 2.45. The second-order valence-electron chi connectivity index (χ2n) is 7.07. The highest BCUT2D eigenvalue weighted by Gasteiger charge is 2.45. The number of hydrogen-bond donors (Lipinski definition) is 1. The molecule has 1 aliphatic heterocycles. The number of aliphatic hydroxyl groups excluding tert-OH is 1. The summed E-state index contributed by atoms with van der Waals surface area (Å²) in [7, 11) is 7.40. The van der Waals surface area contributed by atoms with Gasteiger partial charge in [-0.1, -0.05) is 11.6 Å². The van der Waals surface area contributed by atoms with E-state index in [0.717, 1.165) is 5.56 Å². The molecule has 8 heteroatoms. The zero-order valence-electron chi connectivity index (χ0n) is 18.3. The van der Waals surface area contributed by atoms with Gasteiger partial charge in [0.15, 0.2) is 11.5 Å². The van der Waals surface area contributed by atoms with Crippen molar-refractivity contribution < 1.29 is 33.6 Å². The van der Waals surface area contributed by atoms with Crippen LogP contribution in [0.25, 0.3) is 5.76 Å². The monoisotopic (exact) mass is 427 g/mol. The van der Waals surface area contributed by atoms with Gasteiger partial charge in [-0.2, -0.15) is 0 Å². The Kier molecular flexibility index (Phi) is 6.10. The summed E-state index contributed by atoms with van der Waals surface area (Å²) in [5.74, 6) is -0.347. The number of carbonyl (C=O) groups excluding carboxylic acids is 2. The van der Waals surface area contributed by atoms with E-state index in [0.29, 0.717) is 34.1 Å². The van der Waals surface area contributed by atoms with Crippen LogP contribution in [0.4, 0.5) is 0 Å². The lowest BCUT2D eigenvalue weighted by Crippen LogP contribution is -2.25. The van der Waals surface area contributed by atoms with Crippen LogP contribution < -0.4 is 18.9 Å². The third-order valence-corrected chi connectivity index (χ3v) is 5.29. The number of aliphatic hydroxyl groups is 1. The van der Waals surface area contributed by atoms with E-state index in [1.54, 1.807) is 24.3 Å². The van der Waals surface area contributed by atoms with Gasteiger partial charge in [0.1, 0.15) is 11.5 Å². The van der Waals surface area contributed by atoms with Crippen LogP contribution in [0.2, 0.25) is 0 Å². The number of nitrogens with zero attached hydrogens (tertiary/aromatic N) is 1. The van der Waals surface area contributed by atoms with Crippen LogP contribution in [-0.2, 0) is 9.59 Å². The van der Waals surface area contributed by atoms with Gasteiger partial charge in [-0.3, -0.25) is 9.59 Å². The Bertz CT molecular complexity index is 1050. The van der Waals surface area contributed by atoms with Crippen molar-refractivity contribution in [1.29, 1.82) is 0 Å². The number of amides is 1. The molecular formula is C23H25NO7. The number of likely N-dealkylation sites (tertiary alicyclic amines) is 1. The third kappa shape index (κ3) is 3.65. The molecule has 1 atom stereocenters. The molecule has 1 aliphatic rings. The maximum Gasteiger partial charge on any atom is 0.295 e. The number of methoxy groups -OCH3 is 4. The van der Waals surface area contributed by atoms with Crippen molar-refractivity contribution in [2.24, 2.45) is 0 Å². The van der Waals surface area contributed by atoms with E-state index in [2.05, 4.69) is 0 Å². The number of benzene rings is 2. The standard InChI is InChI=1S/C23H25NO7/c1-12-7-8-15(28-3)14(9-12)20(25)18-19(24(2)23(27)21(18)26)13-10-16(29-4)22(31-6)17(11-13)30-5/h7-11,19,25H,1-6H3/b20-18+. The van der Waals surface area contributed by atoms with E-state index < -0.39 is 17.7 Å². The van der Waals surface area contributed by atoms with E-state index in [1.807, 2.05) is 13.0 Å². The van der Waals surface area contributed by atoms with Crippen LogP contribution in [0.3, 0.4) is 0 Å². The number of likely N-dealkylation sites (N-methyl/N-ethyl adjacent to an activating group) is 1. The number of hydrogen-bond acceptors (Lipinski definition) is 7. The molecule has 1 fully saturated rings. The molecule has 2 aromatic carbocycles. The summed E-state index contributed by atoms with van der Waals surface area (Å²) in [6.45, 7) is 1.85. The van der Waals surface area contributed by atoms with Gasteiger partial charge in [-0.15, -0.1) is 0 Å². The molecule has 0 saturated carbocycles. The molecule has 1 amide bonds. The normalized spacial score (nSPS) is 17.6. The van der Waals surface area contributed by atoms with E-state index in [9.17, 15) is 14.7 Å². The second-order valence-corrected chi connectivity index (χ2v) is 7.07.